The van der Waals surface area contributed by atoms with E-state index in [9.17, 15) is 9.90 Å². The van der Waals surface area contributed by atoms with Gasteiger partial charge in [-0.2, -0.15) is 0 Å². The molecule has 2 rings (SSSR count). The number of aryl methyl sites for hydroxylation is 1. The number of aromatic carboxylic acids is 1. The predicted octanol–water partition coefficient (Wildman–Crippen LogP) is 3.05. The number of carboxylic acids is 1. The summed E-state index contributed by atoms with van der Waals surface area (Å²) in [4.78, 5) is 18.6. The Morgan fingerprint density at radius 3 is 2.81 bits per heavy atom. The van der Waals surface area contributed by atoms with E-state index >= 15 is 0 Å². The number of thiazole rings is 1. The van der Waals surface area contributed by atoms with E-state index in [1.54, 1.807) is 7.11 Å². The van der Waals surface area contributed by atoms with E-state index in [1.807, 2.05) is 6.92 Å². The molecule has 21 heavy (non-hydrogen) atoms. The molecule has 1 N–H and O–H groups in total. The molecular formula is C15H24N2O3S. The number of nitrogens with zero attached hydrogens (tertiary/aromatic N) is 2. The third-order valence-corrected chi connectivity index (χ3v) is 5.07. The Morgan fingerprint density at radius 2 is 2.29 bits per heavy atom. The van der Waals surface area contributed by atoms with Gasteiger partial charge in [-0.3, -0.25) is 0 Å². The molecular weight excluding hydrogens is 288 g/mol. The van der Waals surface area contributed by atoms with Crippen LogP contribution in [0, 0.1) is 5.92 Å². The molecule has 0 radical (unpaired) electrons. The van der Waals surface area contributed by atoms with Crippen LogP contribution in [0.25, 0.3) is 0 Å². The van der Waals surface area contributed by atoms with E-state index in [2.05, 4.69) is 16.8 Å². The topological polar surface area (TPSA) is 62.7 Å². The van der Waals surface area contributed by atoms with Crippen molar-refractivity contribution in [2.45, 2.75) is 45.6 Å². The molecule has 5 nitrogen and oxygen atoms in total. The summed E-state index contributed by atoms with van der Waals surface area (Å²) in [5.74, 6) is -0.165. The lowest BCUT2D eigenvalue weighted by Gasteiger charge is -2.28. The van der Waals surface area contributed by atoms with Gasteiger partial charge in [-0.1, -0.05) is 24.7 Å². The van der Waals surface area contributed by atoms with Gasteiger partial charge in [-0.15, -0.1) is 0 Å². The van der Waals surface area contributed by atoms with Crippen LogP contribution in [0.4, 0.5) is 5.13 Å². The number of methoxy groups -OCH3 is 1. The van der Waals surface area contributed by atoms with E-state index in [1.165, 1.54) is 24.2 Å². The SMILES string of the molecule is CCCc1nc(N(CCOC)C(C)C2CC2)sc1C(=O)O. The first-order valence-electron chi connectivity index (χ1n) is 7.57. The number of rotatable bonds is 9. The van der Waals surface area contributed by atoms with Gasteiger partial charge in [0.05, 0.1) is 12.3 Å². The van der Waals surface area contributed by atoms with Crippen LogP contribution in [0.5, 0.6) is 0 Å². The Balaban J connectivity index is 2.25. The molecule has 0 spiro atoms. The molecule has 1 heterocycles. The number of ether oxygens (including phenoxy) is 1. The van der Waals surface area contributed by atoms with Gasteiger partial charge in [0.2, 0.25) is 0 Å². The lowest BCUT2D eigenvalue weighted by molar-refractivity contribution is 0.0700. The van der Waals surface area contributed by atoms with Crippen LogP contribution in [0.15, 0.2) is 0 Å². The smallest absolute Gasteiger partial charge is 0.347 e. The molecule has 1 aromatic rings. The highest BCUT2D eigenvalue weighted by Gasteiger charge is 2.34. The zero-order valence-corrected chi connectivity index (χ0v) is 13.8. The Kier molecular flexibility index (Phi) is 5.58. The monoisotopic (exact) mass is 312 g/mol. The first-order valence-corrected chi connectivity index (χ1v) is 8.38. The number of anilines is 1. The molecule has 1 unspecified atom stereocenters. The first-order chi connectivity index (χ1) is 10.1. The minimum atomic E-state index is -0.868. The number of hydrogen-bond acceptors (Lipinski definition) is 5. The summed E-state index contributed by atoms with van der Waals surface area (Å²) in [6.45, 7) is 5.63. The van der Waals surface area contributed by atoms with Crippen LogP contribution < -0.4 is 4.90 Å². The third-order valence-electron chi connectivity index (χ3n) is 3.94. The summed E-state index contributed by atoms with van der Waals surface area (Å²) in [6, 6.07) is 0.391. The highest BCUT2D eigenvalue weighted by atomic mass is 32.1. The second-order valence-electron chi connectivity index (χ2n) is 5.59. The highest BCUT2D eigenvalue weighted by molar-refractivity contribution is 7.17. The molecule has 118 valence electrons. The van der Waals surface area contributed by atoms with Gasteiger partial charge in [-0.25, -0.2) is 9.78 Å². The number of hydrogen-bond donors (Lipinski definition) is 1. The van der Waals surface area contributed by atoms with Gasteiger partial charge in [-0.05, 0) is 32.1 Å². The number of carboxylic acid groups (broad SMARTS) is 1. The van der Waals surface area contributed by atoms with Crippen LogP contribution >= 0.6 is 11.3 Å². The molecule has 1 aliphatic carbocycles. The molecule has 1 atom stereocenters. The third kappa shape index (κ3) is 3.95. The second kappa shape index (κ2) is 7.22. The van der Waals surface area contributed by atoms with Crippen molar-refractivity contribution in [1.29, 1.82) is 0 Å². The Bertz CT molecular complexity index is 485. The van der Waals surface area contributed by atoms with Gasteiger partial charge in [0.1, 0.15) is 4.88 Å². The Labute approximate surface area is 129 Å². The van der Waals surface area contributed by atoms with E-state index in [0.29, 0.717) is 29.9 Å². The minimum absolute atomic E-state index is 0.386. The fourth-order valence-electron chi connectivity index (χ4n) is 2.53. The zero-order valence-electron chi connectivity index (χ0n) is 13.0. The predicted molar refractivity (Wildman–Crippen MR) is 84.5 cm³/mol. The first kappa shape index (κ1) is 16.2. The summed E-state index contributed by atoms with van der Waals surface area (Å²) in [7, 11) is 1.69. The van der Waals surface area contributed by atoms with Crippen molar-refractivity contribution in [1.82, 2.24) is 4.98 Å². The van der Waals surface area contributed by atoms with E-state index in [0.717, 1.165) is 23.8 Å². The van der Waals surface area contributed by atoms with Crippen LogP contribution in [0.2, 0.25) is 0 Å². The van der Waals surface area contributed by atoms with Crippen LogP contribution in [0.3, 0.4) is 0 Å². The van der Waals surface area contributed by atoms with E-state index < -0.39 is 5.97 Å². The van der Waals surface area contributed by atoms with Gasteiger partial charge in [0.15, 0.2) is 5.13 Å². The summed E-state index contributed by atoms with van der Waals surface area (Å²) >= 11 is 1.30. The van der Waals surface area contributed by atoms with E-state index in [-0.39, 0.29) is 0 Å². The average Bonchev–Trinajstić information content (AvgIpc) is 3.21. The molecule has 0 bridgehead atoms. The molecule has 0 aliphatic heterocycles. The maximum Gasteiger partial charge on any atom is 0.347 e. The summed E-state index contributed by atoms with van der Waals surface area (Å²) in [6.07, 6.45) is 4.13. The van der Waals surface area contributed by atoms with Gasteiger partial charge >= 0.3 is 5.97 Å². The maximum atomic E-state index is 11.4. The number of carbonyl (C=O) groups is 1. The normalized spacial score (nSPS) is 16.0. The summed E-state index contributed by atoms with van der Waals surface area (Å²) in [5, 5.41) is 10.2. The largest absolute Gasteiger partial charge is 0.477 e. The van der Waals surface area contributed by atoms with Crippen molar-refractivity contribution in [3.8, 4) is 0 Å². The van der Waals surface area contributed by atoms with Gasteiger partial charge < -0.3 is 14.7 Å². The van der Waals surface area contributed by atoms with Crippen molar-refractivity contribution < 1.29 is 14.6 Å². The van der Waals surface area contributed by atoms with Gasteiger partial charge in [0, 0.05) is 19.7 Å². The fraction of sp³-hybridized carbons (Fsp3) is 0.733. The van der Waals surface area contributed by atoms with Crippen molar-refractivity contribution in [3.05, 3.63) is 10.6 Å². The van der Waals surface area contributed by atoms with Crippen LogP contribution in [-0.2, 0) is 11.2 Å². The Hall–Kier alpha value is -1.14. The van der Waals surface area contributed by atoms with Crippen molar-refractivity contribution in [2.75, 3.05) is 25.2 Å². The quantitative estimate of drug-likeness (QED) is 0.759. The molecule has 1 aliphatic rings. The molecule has 0 saturated heterocycles. The highest BCUT2D eigenvalue weighted by Crippen LogP contribution is 2.38. The molecule has 0 aromatic carbocycles. The lowest BCUT2D eigenvalue weighted by Crippen LogP contribution is -2.37. The molecule has 6 heteroatoms. The van der Waals surface area contributed by atoms with Crippen molar-refractivity contribution in [3.63, 3.8) is 0 Å². The lowest BCUT2D eigenvalue weighted by atomic mass is 10.2. The minimum Gasteiger partial charge on any atom is -0.477 e. The molecule has 1 fully saturated rings. The molecule has 1 aromatic heterocycles. The molecule has 0 amide bonds. The average molecular weight is 312 g/mol. The van der Waals surface area contributed by atoms with Crippen molar-refractivity contribution in [2.24, 2.45) is 5.92 Å². The van der Waals surface area contributed by atoms with Crippen molar-refractivity contribution >= 4 is 22.4 Å². The van der Waals surface area contributed by atoms with Gasteiger partial charge in [0.25, 0.3) is 0 Å². The number of aromatic nitrogens is 1. The summed E-state index contributed by atoms with van der Waals surface area (Å²) in [5.41, 5.74) is 0.718. The molecule has 1 saturated carbocycles. The van der Waals surface area contributed by atoms with Crippen LogP contribution in [-0.4, -0.2) is 42.4 Å². The Morgan fingerprint density at radius 1 is 1.57 bits per heavy atom. The summed E-state index contributed by atoms with van der Waals surface area (Å²) < 4.78 is 5.19. The van der Waals surface area contributed by atoms with Crippen LogP contribution in [0.1, 0.15) is 48.5 Å². The maximum absolute atomic E-state index is 11.4. The standard InChI is InChI=1S/C15H24N2O3S/c1-4-5-12-13(14(18)19)21-15(16-12)17(8-9-20-3)10(2)11-6-7-11/h10-11H,4-9H2,1-3H3,(H,18,19). The zero-order chi connectivity index (χ0) is 15.4. The fourth-order valence-corrected chi connectivity index (χ4v) is 3.60. The van der Waals surface area contributed by atoms with E-state index in [4.69, 9.17) is 4.74 Å². The second-order valence-corrected chi connectivity index (χ2v) is 6.57.